The maximum absolute atomic E-state index is 5.54. The Labute approximate surface area is 99.7 Å². The molecule has 0 saturated heterocycles. The first kappa shape index (κ1) is 15.8. The third-order valence-electron chi connectivity index (χ3n) is 2.67. The molecule has 0 aromatic heterocycles. The number of hydrogen-bond acceptors (Lipinski definition) is 5. The van der Waals surface area contributed by atoms with Crippen LogP contribution in [-0.2, 0) is 0 Å². The number of rotatable bonds is 11. The summed E-state index contributed by atoms with van der Waals surface area (Å²) in [5, 5.41) is 3.47. The van der Waals surface area contributed by atoms with Gasteiger partial charge in [-0.05, 0) is 52.4 Å². The Bertz CT molecular complexity index is 134. The van der Waals surface area contributed by atoms with Gasteiger partial charge in [0.05, 0.1) is 6.17 Å². The molecule has 0 radical (unpaired) electrons. The fourth-order valence-electron chi connectivity index (χ4n) is 1.63. The molecule has 1 atom stereocenters. The number of hydrogen-bond donors (Lipinski definition) is 4. The van der Waals surface area contributed by atoms with Gasteiger partial charge in [0.15, 0.2) is 0 Å². The molecule has 0 saturated carbocycles. The number of nitrogens with two attached hydrogens (primary N) is 3. The highest BCUT2D eigenvalue weighted by Crippen LogP contribution is 1.99. The second kappa shape index (κ2) is 11.3. The molecule has 7 N–H and O–H groups in total. The molecule has 0 amide bonds. The Morgan fingerprint density at radius 3 is 1.88 bits per heavy atom. The van der Waals surface area contributed by atoms with Crippen molar-refractivity contribution in [2.45, 2.75) is 32.4 Å². The molecular formula is C11H29N5. The lowest BCUT2D eigenvalue weighted by atomic mass is 10.3. The standard InChI is InChI=1S/C11H29N5/c1-11(15-8-2-5-12)16(9-3-6-13)10-4-7-14/h11,15H,2-10,12-14H2,1H3. The summed E-state index contributed by atoms with van der Waals surface area (Å²) < 4.78 is 0. The molecule has 0 aromatic rings. The molecule has 0 aromatic carbocycles. The normalized spacial score (nSPS) is 13.3. The van der Waals surface area contributed by atoms with Crippen molar-refractivity contribution >= 4 is 0 Å². The van der Waals surface area contributed by atoms with E-state index in [0.717, 1.165) is 58.5 Å². The average Bonchev–Trinajstić information content (AvgIpc) is 2.29. The van der Waals surface area contributed by atoms with E-state index in [4.69, 9.17) is 17.2 Å². The minimum atomic E-state index is 0.379. The first-order valence-corrected chi connectivity index (χ1v) is 6.33. The second-order valence-corrected chi connectivity index (χ2v) is 4.09. The van der Waals surface area contributed by atoms with Crippen molar-refractivity contribution < 1.29 is 0 Å². The molecule has 98 valence electrons. The van der Waals surface area contributed by atoms with E-state index in [2.05, 4.69) is 17.1 Å². The van der Waals surface area contributed by atoms with Crippen LogP contribution in [0.4, 0.5) is 0 Å². The number of nitrogens with one attached hydrogen (secondary N) is 1. The first-order chi connectivity index (χ1) is 7.76. The zero-order valence-corrected chi connectivity index (χ0v) is 10.6. The average molecular weight is 231 g/mol. The van der Waals surface area contributed by atoms with Crippen molar-refractivity contribution in [1.82, 2.24) is 10.2 Å². The highest BCUT2D eigenvalue weighted by atomic mass is 15.3. The fraction of sp³-hybridized carbons (Fsp3) is 1.00. The molecule has 0 aliphatic rings. The van der Waals surface area contributed by atoms with Gasteiger partial charge in [-0.3, -0.25) is 4.90 Å². The van der Waals surface area contributed by atoms with Crippen LogP contribution >= 0.6 is 0 Å². The van der Waals surface area contributed by atoms with E-state index in [1.165, 1.54) is 0 Å². The summed E-state index contributed by atoms with van der Waals surface area (Å²) in [4.78, 5) is 2.40. The lowest BCUT2D eigenvalue weighted by Crippen LogP contribution is -2.45. The molecule has 0 aliphatic carbocycles. The highest BCUT2D eigenvalue weighted by molar-refractivity contribution is 4.66. The molecule has 0 rings (SSSR count). The molecule has 0 fully saturated rings. The Morgan fingerprint density at radius 2 is 1.44 bits per heavy atom. The fourth-order valence-corrected chi connectivity index (χ4v) is 1.63. The van der Waals surface area contributed by atoms with Gasteiger partial charge in [0.2, 0.25) is 0 Å². The van der Waals surface area contributed by atoms with Crippen LogP contribution in [0.15, 0.2) is 0 Å². The minimum Gasteiger partial charge on any atom is -0.330 e. The van der Waals surface area contributed by atoms with Crippen molar-refractivity contribution in [3.05, 3.63) is 0 Å². The number of nitrogens with zero attached hydrogens (tertiary/aromatic N) is 1. The summed E-state index contributed by atoms with van der Waals surface area (Å²) in [5.41, 5.74) is 16.5. The molecule has 1 unspecified atom stereocenters. The maximum atomic E-state index is 5.54. The zero-order valence-electron chi connectivity index (χ0n) is 10.6. The maximum Gasteiger partial charge on any atom is 0.0567 e. The van der Waals surface area contributed by atoms with E-state index in [0.29, 0.717) is 6.17 Å². The Balaban J connectivity index is 3.83. The predicted molar refractivity (Wildman–Crippen MR) is 70.1 cm³/mol. The van der Waals surface area contributed by atoms with E-state index in [9.17, 15) is 0 Å². The van der Waals surface area contributed by atoms with Crippen molar-refractivity contribution in [2.75, 3.05) is 39.3 Å². The highest BCUT2D eigenvalue weighted by Gasteiger charge is 2.11. The van der Waals surface area contributed by atoms with E-state index < -0.39 is 0 Å². The van der Waals surface area contributed by atoms with E-state index in [1.54, 1.807) is 0 Å². The third kappa shape index (κ3) is 8.01. The van der Waals surface area contributed by atoms with Crippen molar-refractivity contribution in [3.63, 3.8) is 0 Å². The van der Waals surface area contributed by atoms with Crippen LogP contribution in [-0.4, -0.2) is 50.3 Å². The smallest absolute Gasteiger partial charge is 0.0567 e. The predicted octanol–water partition coefficient (Wildman–Crippen LogP) is -0.730. The van der Waals surface area contributed by atoms with Crippen LogP contribution in [0, 0.1) is 0 Å². The van der Waals surface area contributed by atoms with Gasteiger partial charge in [0, 0.05) is 13.1 Å². The van der Waals surface area contributed by atoms with Gasteiger partial charge in [0.1, 0.15) is 0 Å². The monoisotopic (exact) mass is 231 g/mol. The SMILES string of the molecule is CC(NCCCN)N(CCCN)CCCN. The molecule has 0 bridgehead atoms. The summed E-state index contributed by atoms with van der Waals surface area (Å²) in [7, 11) is 0. The van der Waals surface area contributed by atoms with E-state index in [-0.39, 0.29) is 0 Å². The largest absolute Gasteiger partial charge is 0.330 e. The second-order valence-electron chi connectivity index (χ2n) is 4.09. The first-order valence-electron chi connectivity index (χ1n) is 6.33. The Hall–Kier alpha value is -0.200. The van der Waals surface area contributed by atoms with Crippen LogP contribution in [0.5, 0.6) is 0 Å². The molecule has 5 nitrogen and oxygen atoms in total. The van der Waals surface area contributed by atoms with Crippen LogP contribution in [0.2, 0.25) is 0 Å². The molecule has 0 aliphatic heterocycles. The molecule has 16 heavy (non-hydrogen) atoms. The van der Waals surface area contributed by atoms with Gasteiger partial charge in [-0.2, -0.15) is 0 Å². The van der Waals surface area contributed by atoms with E-state index in [1.807, 2.05) is 0 Å². The Kier molecular flexibility index (Phi) is 11.1. The summed E-state index contributed by atoms with van der Waals surface area (Å²) in [6.07, 6.45) is 3.47. The van der Waals surface area contributed by atoms with Gasteiger partial charge in [-0.1, -0.05) is 0 Å². The van der Waals surface area contributed by atoms with Crippen molar-refractivity contribution in [3.8, 4) is 0 Å². The molecular weight excluding hydrogens is 202 g/mol. The van der Waals surface area contributed by atoms with Crippen molar-refractivity contribution in [1.29, 1.82) is 0 Å². The quantitative estimate of drug-likeness (QED) is 0.278. The van der Waals surface area contributed by atoms with Gasteiger partial charge >= 0.3 is 0 Å². The van der Waals surface area contributed by atoms with Gasteiger partial charge in [-0.15, -0.1) is 0 Å². The third-order valence-corrected chi connectivity index (χ3v) is 2.67. The summed E-state index contributed by atoms with van der Waals surface area (Å²) in [6.45, 7) is 7.46. The minimum absolute atomic E-state index is 0.379. The Morgan fingerprint density at radius 1 is 0.938 bits per heavy atom. The van der Waals surface area contributed by atoms with Gasteiger partial charge in [-0.25, -0.2) is 0 Å². The van der Waals surface area contributed by atoms with Gasteiger partial charge < -0.3 is 22.5 Å². The van der Waals surface area contributed by atoms with Crippen LogP contribution < -0.4 is 22.5 Å². The lowest BCUT2D eigenvalue weighted by molar-refractivity contribution is 0.176. The molecule has 5 heteroatoms. The van der Waals surface area contributed by atoms with Gasteiger partial charge in [0.25, 0.3) is 0 Å². The van der Waals surface area contributed by atoms with Crippen molar-refractivity contribution in [2.24, 2.45) is 17.2 Å². The van der Waals surface area contributed by atoms with E-state index >= 15 is 0 Å². The summed E-state index contributed by atoms with van der Waals surface area (Å²) >= 11 is 0. The molecule has 0 heterocycles. The lowest BCUT2D eigenvalue weighted by Gasteiger charge is -2.29. The molecule has 0 spiro atoms. The zero-order chi connectivity index (χ0) is 12.2. The summed E-state index contributed by atoms with van der Waals surface area (Å²) in [5.74, 6) is 0. The topological polar surface area (TPSA) is 93.3 Å². The van der Waals surface area contributed by atoms with Crippen LogP contribution in [0.1, 0.15) is 26.2 Å². The van der Waals surface area contributed by atoms with Crippen LogP contribution in [0.3, 0.4) is 0 Å². The summed E-state index contributed by atoms with van der Waals surface area (Å²) in [6, 6.07) is 0. The van der Waals surface area contributed by atoms with Crippen LogP contribution in [0.25, 0.3) is 0 Å².